The molecule has 0 spiro atoms. The van der Waals surface area contributed by atoms with E-state index in [9.17, 15) is 4.79 Å². The summed E-state index contributed by atoms with van der Waals surface area (Å²) in [6, 6.07) is 17.5. The van der Waals surface area contributed by atoms with Gasteiger partial charge in [-0.1, -0.05) is 30.3 Å². The van der Waals surface area contributed by atoms with E-state index in [-0.39, 0.29) is 0 Å². The van der Waals surface area contributed by atoms with Crippen molar-refractivity contribution in [3.8, 4) is 5.82 Å². The molecule has 0 unspecified atom stereocenters. The summed E-state index contributed by atoms with van der Waals surface area (Å²) in [6.07, 6.45) is 6.08. The molecule has 0 aliphatic rings. The lowest BCUT2D eigenvalue weighted by Crippen LogP contribution is -2.11. The van der Waals surface area contributed by atoms with Crippen molar-refractivity contribution in [3.63, 3.8) is 0 Å². The fourth-order valence-electron chi connectivity index (χ4n) is 2.96. The van der Waals surface area contributed by atoms with Crippen molar-refractivity contribution in [2.75, 3.05) is 0 Å². The molecule has 2 aromatic heterocycles. The van der Waals surface area contributed by atoms with E-state index in [1.54, 1.807) is 10.9 Å². The predicted molar refractivity (Wildman–Crippen MR) is 96.6 cm³/mol. The van der Waals surface area contributed by atoms with Gasteiger partial charge in [0.15, 0.2) is 5.82 Å². The van der Waals surface area contributed by atoms with Crippen LogP contribution < -0.4 is 5.73 Å². The molecule has 0 radical (unpaired) electrons. The van der Waals surface area contributed by atoms with Crippen molar-refractivity contribution in [2.24, 2.45) is 5.73 Å². The van der Waals surface area contributed by atoms with E-state index >= 15 is 0 Å². The minimum Gasteiger partial charge on any atom is -0.366 e. The highest BCUT2D eigenvalue weighted by Gasteiger charge is 2.09. The number of carbonyl (C=O) groups excluding carboxylic acids is 1. The summed E-state index contributed by atoms with van der Waals surface area (Å²) in [4.78, 5) is 16.1. The molecule has 0 aliphatic heterocycles. The molecule has 1 amide bonds. The predicted octanol–water partition coefficient (Wildman–Crippen LogP) is 3.11. The van der Waals surface area contributed by atoms with Crippen molar-refractivity contribution in [1.29, 1.82) is 0 Å². The van der Waals surface area contributed by atoms with Gasteiger partial charge in [0.05, 0.1) is 0 Å². The minimum absolute atomic E-state index is 0.417. The summed E-state index contributed by atoms with van der Waals surface area (Å²) in [6.45, 7) is 0. The lowest BCUT2D eigenvalue weighted by atomic mass is 9.96. The maximum atomic E-state index is 11.6. The van der Waals surface area contributed by atoms with Crippen LogP contribution in [-0.4, -0.2) is 20.7 Å². The van der Waals surface area contributed by atoms with Gasteiger partial charge in [-0.15, -0.1) is 0 Å². The number of benzene rings is 2. The molecular formula is C20H16N4O. The van der Waals surface area contributed by atoms with E-state index in [0.717, 1.165) is 27.7 Å². The van der Waals surface area contributed by atoms with Gasteiger partial charge in [-0.3, -0.25) is 4.79 Å². The lowest BCUT2D eigenvalue weighted by Gasteiger charge is -2.10. The Balaban J connectivity index is 1.71. The first-order valence-corrected chi connectivity index (χ1v) is 7.97. The molecule has 25 heavy (non-hydrogen) atoms. The first-order valence-electron chi connectivity index (χ1n) is 7.97. The summed E-state index contributed by atoms with van der Waals surface area (Å²) in [5, 5.41) is 6.30. The Labute approximate surface area is 144 Å². The Bertz CT molecular complexity index is 1040. The van der Waals surface area contributed by atoms with Gasteiger partial charge in [0, 0.05) is 24.2 Å². The van der Waals surface area contributed by atoms with Crippen LogP contribution in [0, 0.1) is 0 Å². The van der Waals surface area contributed by atoms with Crippen molar-refractivity contribution in [2.45, 2.75) is 6.42 Å². The molecule has 0 fully saturated rings. The Morgan fingerprint density at radius 1 is 1.08 bits per heavy atom. The average Bonchev–Trinajstić information content (AvgIpc) is 3.17. The highest BCUT2D eigenvalue weighted by molar-refractivity contribution is 5.99. The van der Waals surface area contributed by atoms with Crippen LogP contribution in [0.4, 0.5) is 0 Å². The highest BCUT2D eigenvalue weighted by Crippen LogP contribution is 2.23. The number of nitrogens with zero attached hydrogens (tertiary/aromatic N) is 3. The van der Waals surface area contributed by atoms with Crippen LogP contribution in [0.2, 0.25) is 0 Å². The molecule has 4 aromatic rings. The summed E-state index contributed by atoms with van der Waals surface area (Å²) in [5.74, 6) is 0.351. The Morgan fingerprint density at radius 2 is 1.96 bits per heavy atom. The zero-order valence-electron chi connectivity index (χ0n) is 13.5. The third-order valence-electron chi connectivity index (χ3n) is 4.17. The number of amides is 1. The molecule has 2 heterocycles. The monoisotopic (exact) mass is 328 g/mol. The van der Waals surface area contributed by atoms with E-state index in [0.29, 0.717) is 12.0 Å². The largest absolute Gasteiger partial charge is 0.366 e. The number of rotatable bonds is 4. The average molecular weight is 328 g/mol. The molecule has 2 N–H and O–H groups in total. The fourth-order valence-corrected chi connectivity index (χ4v) is 2.96. The van der Waals surface area contributed by atoms with Gasteiger partial charge in [-0.05, 0) is 52.6 Å². The Hall–Kier alpha value is -3.47. The molecule has 0 saturated carbocycles. The highest BCUT2D eigenvalue weighted by atomic mass is 16.1. The first-order chi connectivity index (χ1) is 12.2. The third-order valence-corrected chi connectivity index (χ3v) is 4.17. The second-order valence-electron chi connectivity index (χ2n) is 5.87. The number of hydrogen-bond donors (Lipinski definition) is 1. The zero-order chi connectivity index (χ0) is 17.2. The molecule has 0 aliphatic carbocycles. The molecular weight excluding hydrogens is 312 g/mol. The molecule has 0 atom stereocenters. The number of carbonyl (C=O) groups is 1. The number of primary amides is 1. The van der Waals surface area contributed by atoms with Crippen molar-refractivity contribution >= 4 is 16.7 Å². The second-order valence-corrected chi connectivity index (χ2v) is 5.87. The van der Waals surface area contributed by atoms with Gasteiger partial charge in [0.1, 0.15) is 0 Å². The third kappa shape index (κ3) is 2.99. The van der Waals surface area contributed by atoms with Crippen molar-refractivity contribution in [3.05, 3.63) is 89.9 Å². The molecule has 122 valence electrons. The molecule has 5 heteroatoms. The van der Waals surface area contributed by atoms with E-state index in [2.05, 4.69) is 16.1 Å². The van der Waals surface area contributed by atoms with Crippen LogP contribution in [0.15, 0.2) is 73.2 Å². The fraction of sp³-hybridized carbons (Fsp3) is 0.0500. The van der Waals surface area contributed by atoms with E-state index in [1.165, 1.54) is 0 Å². The first kappa shape index (κ1) is 15.1. The SMILES string of the molecule is NC(=O)c1cc(Cc2ccc(-n3cccn3)nc2)c2ccccc2c1. The summed E-state index contributed by atoms with van der Waals surface area (Å²) < 4.78 is 1.72. The summed E-state index contributed by atoms with van der Waals surface area (Å²) in [7, 11) is 0. The Kier molecular flexibility index (Phi) is 3.74. The van der Waals surface area contributed by atoms with Gasteiger partial charge >= 0.3 is 0 Å². The number of aromatic nitrogens is 3. The standard InChI is InChI=1S/C20H16N4O/c21-20(25)17-11-15-4-1-2-5-18(15)16(12-17)10-14-6-7-19(22-13-14)24-9-3-8-23-24/h1-9,11-13H,10H2,(H2,21,25). The topological polar surface area (TPSA) is 73.8 Å². The van der Waals surface area contributed by atoms with Crippen molar-refractivity contribution < 1.29 is 4.79 Å². The van der Waals surface area contributed by atoms with Crippen LogP contribution in [-0.2, 0) is 6.42 Å². The van der Waals surface area contributed by atoms with Crippen LogP contribution in [0.5, 0.6) is 0 Å². The minimum atomic E-state index is -0.417. The molecule has 0 bridgehead atoms. The maximum absolute atomic E-state index is 11.6. The zero-order valence-corrected chi connectivity index (χ0v) is 13.5. The van der Waals surface area contributed by atoms with Gasteiger partial charge in [-0.2, -0.15) is 5.10 Å². The van der Waals surface area contributed by atoms with Crippen LogP contribution in [0.25, 0.3) is 16.6 Å². The van der Waals surface area contributed by atoms with Gasteiger partial charge in [0.2, 0.25) is 5.91 Å². The van der Waals surface area contributed by atoms with Crippen LogP contribution in [0.3, 0.4) is 0 Å². The van der Waals surface area contributed by atoms with Gasteiger partial charge in [-0.25, -0.2) is 9.67 Å². The summed E-state index contributed by atoms with van der Waals surface area (Å²) >= 11 is 0. The molecule has 4 rings (SSSR count). The van der Waals surface area contributed by atoms with Crippen molar-refractivity contribution in [1.82, 2.24) is 14.8 Å². The van der Waals surface area contributed by atoms with Crippen LogP contribution >= 0.6 is 0 Å². The van der Waals surface area contributed by atoms with E-state index in [4.69, 9.17) is 5.73 Å². The summed E-state index contributed by atoms with van der Waals surface area (Å²) in [5.41, 5.74) is 8.12. The van der Waals surface area contributed by atoms with E-state index < -0.39 is 5.91 Å². The smallest absolute Gasteiger partial charge is 0.248 e. The number of pyridine rings is 1. The Morgan fingerprint density at radius 3 is 2.68 bits per heavy atom. The maximum Gasteiger partial charge on any atom is 0.248 e. The molecule has 5 nitrogen and oxygen atoms in total. The molecule has 0 saturated heterocycles. The second kappa shape index (κ2) is 6.20. The number of hydrogen-bond acceptors (Lipinski definition) is 3. The normalized spacial score (nSPS) is 10.9. The van der Waals surface area contributed by atoms with Gasteiger partial charge < -0.3 is 5.73 Å². The number of nitrogens with two attached hydrogens (primary N) is 1. The quantitative estimate of drug-likeness (QED) is 0.625. The number of fused-ring (bicyclic) bond motifs is 1. The van der Waals surface area contributed by atoms with Gasteiger partial charge in [0.25, 0.3) is 0 Å². The van der Waals surface area contributed by atoms with Crippen LogP contribution in [0.1, 0.15) is 21.5 Å². The molecule has 2 aromatic carbocycles. The van der Waals surface area contributed by atoms with E-state index in [1.807, 2.05) is 60.9 Å². The lowest BCUT2D eigenvalue weighted by molar-refractivity contribution is 0.100.